The fourth-order valence-corrected chi connectivity index (χ4v) is 3.80. The molecule has 0 bridgehead atoms. The third kappa shape index (κ3) is 2.66. The Balaban J connectivity index is 2.13. The van der Waals surface area contributed by atoms with Crippen molar-refractivity contribution in [1.29, 1.82) is 0 Å². The van der Waals surface area contributed by atoms with Crippen molar-refractivity contribution in [3.63, 3.8) is 0 Å². The fourth-order valence-electron chi connectivity index (χ4n) is 3.80. The number of ether oxygens (including phenoxy) is 1. The van der Waals surface area contributed by atoms with E-state index in [1.54, 1.807) is 14.2 Å². The standard InChI is InChI=1S/C21H25N5O3/c1-12-7-8-16(11-13(12)2)25-14(3)15(4)26-17-18(22-20(25)26)23(5)21(28)24(19(17)27)9-10-29-6/h7-8,11H,9-10H2,1-6H3. The van der Waals surface area contributed by atoms with Gasteiger partial charge in [0.15, 0.2) is 11.2 Å². The molecule has 3 heterocycles. The van der Waals surface area contributed by atoms with Gasteiger partial charge in [-0.05, 0) is 51.0 Å². The first-order valence-electron chi connectivity index (χ1n) is 9.54. The summed E-state index contributed by atoms with van der Waals surface area (Å²) >= 11 is 0. The lowest BCUT2D eigenvalue weighted by Crippen LogP contribution is -2.40. The minimum Gasteiger partial charge on any atom is -0.383 e. The van der Waals surface area contributed by atoms with Crippen LogP contribution in [-0.4, -0.2) is 36.8 Å². The van der Waals surface area contributed by atoms with Gasteiger partial charge < -0.3 is 4.74 Å². The van der Waals surface area contributed by atoms with Crippen molar-refractivity contribution in [1.82, 2.24) is 23.1 Å². The number of benzene rings is 1. The summed E-state index contributed by atoms with van der Waals surface area (Å²) < 4.78 is 11.6. The van der Waals surface area contributed by atoms with E-state index in [0.717, 1.165) is 17.1 Å². The average Bonchev–Trinajstić information content (AvgIpc) is 3.18. The maximum absolute atomic E-state index is 13.2. The molecular weight excluding hydrogens is 370 g/mol. The van der Waals surface area contributed by atoms with Crippen LogP contribution in [0.4, 0.5) is 0 Å². The molecule has 0 amide bonds. The van der Waals surface area contributed by atoms with E-state index < -0.39 is 5.69 Å². The number of fused-ring (bicyclic) bond motifs is 3. The smallest absolute Gasteiger partial charge is 0.332 e. The molecule has 0 radical (unpaired) electrons. The van der Waals surface area contributed by atoms with Crippen LogP contribution in [0.1, 0.15) is 22.5 Å². The largest absolute Gasteiger partial charge is 0.383 e. The summed E-state index contributed by atoms with van der Waals surface area (Å²) in [6.07, 6.45) is 0. The van der Waals surface area contributed by atoms with Crippen LogP contribution in [0.2, 0.25) is 0 Å². The molecule has 0 atom stereocenters. The molecule has 1 aromatic carbocycles. The first-order valence-corrected chi connectivity index (χ1v) is 9.54. The third-order valence-electron chi connectivity index (χ3n) is 5.79. The van der Waals surface area contributed by atoms with Gasteiger partial charge in [-0.3, -0.25) is 22.9 Å². The van der Waals surface area contributed by atoms with Crippen LogP contribution < -0.4 is 11.2 Å². The molecule has 8 nitrogen and oxygen atoms in total. The monoisotopic (exact) mass is 395 g/mol. The lowest BCUT2D eigenvalue weighted by molar-refractivity contribution is 0.184. The number of methoxy groups -OCH3 is 1. The second kappa shape index (κ2) is 6.73. The highest BCUT2D eigenvalue weighted by Crippen LogP contribution is 2.25. The van der Waals surface area contributed by atoms with Crippen LogP contribution in [0.3, 0.4) is 0 Å². The summed E-state index contributed by atoms with van der Waals surface area (Å²) in [5.41, 5.74) is 5.30. The zero-order valence-corrected chi connectivity index (χ0v) is 17.6. The van der Waals surface area contributed by atoms with E-state index >= 15 is 0 Å². The van der Waals surface area contributed by atoms with Gasteiger partial charge in [-0.2, -0.15) is 4.98 Å². The third-order valence-corrected chi connectivity index (χ3v) is 5.79. The van der Waals surface area contributed by atoms with Crippen molar-refractivity contribution in [3.05, 3.63) is 61.6 Å². The van der Waals surface area contributed by atoms with Gasteiger partial charge in [0, 0.05) is 31.2 Å². The topological polar surface area (TPSA) is 75.5 Å². The summed E-state index contributed by atoms with van der Waals surface area (Å²) in [7, 11) is 3.19. The maximum atomic E-state index is 13.2. The van der Waals surface area contributed by atoms with E-state index in [1.807, 2.05) is 28.9 Å². The summed E-state index contributed by atoms with van der Waals surface area (Å²) in [4.78, 5) is 30.6. The molecule has 0 aliphatic heterocycles. The molecule has 4 aromatic rings. The number of aryl methyl sites for hydroxylation is 4. The van der Waals surface area contributed by atoms with E-state index in [4.69, 9.17) is 9.72 Å². The molecule has 0 unspecified atom stereocenters. The van der Waals surface area contributed by atoms with E-state index in [1.165, 1.54) is 20.3 Å². The van der Waals surface area contributed by atoms with Gasteiger partial charge in [-0.25, -0.2) is 4.79 Å². The van der Waals surface area contributed by atoms with E-state index in [0.29, 0.717) is 16.9 Å². The minimum atomic E-state index is -0.396. The molecule has 8 heteroatoms. The van der Waals surface area contributed by atoms with Crippen LogP contribution >= 0.6 is 0 Å². The van der Waals surface area contributed by atoms with Gasteiger partial charge >= 0.3 is 5.69 Å². The number of imidazole rings is 2. The van der Waals surface area contributed by atoms with Gasteiger partial charge in [0.1, 0.15) is 0 Å². The zero-order chi connectivity index (χ0) is 21.0. The normalized spacial score (nSPS) is 11.8. The fraction of sp³-hybridized carbons (Fsp3) is 0.381. The Labute approximate surface area is 167 Å². The van der Waals surface area contributed by atoms with Crippen LogP contribution in [0.5, 0.6) is 0 Å². The Kier molecular flexibility index (Phi) is 4.46. The molecular formula is C21H25N5O3. The molecule has 0 spiro atoms. The Bertz CT molecular complexity index is 1380. The first-order chi connectivity index (χ1) is 13.8. The SMILES string of the molecule is COCCn1c(=O)c2c(nc3n(-c4ccc(C)c(C)c4)c(C)c(C)n23)n(C)c1=O. The van der Waals surface area contributed by atoms with Crippen molar-refractivity contribution < 1.29 is 4.74 Å². The van der Waals surface area contributed by atoms with Crippen molar-refractivity contribution in [2.45, 2.75) is 34.2 Å². The molecule has 152 valence electrons. The van der Waals surface area contributed by atoms with Crippen molar-refractivity contribution in [2.75, 3.05) is 13.7 Å². The lowest BCUT2D eigenvalue weighted by Gasteiger charge is -2.09. The number of rotatable bonds is 4. The number of nitrogens with zero attached hydrogens (tertiary/aromatic N) is 5. The van der Waals surface area contributed by atoms with Gasteiger partial charge in [0.25, 0.3) is 5.56 Å². The van der Waals surface area contributed by atoms with E-state index in [2.05, 4.69) is 26.0 Å². The highest BCUT2D eigenvalue weighted by molar-refractivity contribution is 5.77. The lowest BCUT2D eigenvalue weighted by atomic mass is 10.1. The Hall–Kier alpha value is -3.13. The van der Waals surface area contributed by atoms with Gasteiger partial charge in [-0.15, -0.1) is 0 Å². The van der Waals surface area contributed by atoms with Crippen molar-refractivity contribution >= 4 is 16.9 Å². The number of aromatic nitrogens is 5. The molecule has 0 aliphatic carbocycles. The van der Waals surface area contributed by atoms with Gasteiger partial charge in [0.05, 0.1) is 13.2 Å². The van der Waals surface area contributed by atoms with Crippen molar-refractivity contribution in [2.24, 2.45) is 7.05 Å². The van der Waals surface area contributed by atoms with Crippen LogP contribution in [-0.2, 0) is 18.3 Å². The molecule has 0 saturated heterocycles. The zero-order valence-electron chi connectivity index (χ0n) is 17.6. The summed E-state index contributed by atoms with van der Waals surface area (Å²) in [6.45, 7) is 8.60. The second-order valence-corrected chi connectivity index (χ2v) is 7.49. The molecule has 0 fully saturated rings. The van der Waals surface area contributed by atoms with Crippen molar-refractivity contribution in [3.8, 4) is 5.69 Å². The predicted octanol–water partition coefficient (Wildman–Crippen LogP) is 2.02. The molecule has 0 saturated carbocycles. The molecule has 29 heavy (non-hydrogen) atoms. The number of hydrogen-bond donors (Lipinski definition) is 0. The Morgan fingerprint density at radius 1 is 1.03 bits per heavy atom. The summed E-state index contributed by atoms with van der Waals surface area (Å²) in [6, 6.07) is 6.23. The highest BCUT2D eigenvalue weighted by Gasteiger charge is 2.23. The van der Waals surface area contributed by atoms with Crippen LogP contribution in [0.15, 0.2) is 27.8 Å². The summed E-state index contributed by atoms with van der Waals surface area (Å²) in [5.74, 6) is 0.620. The van der Waals surface area contributed by atoms with E-state index in [-0.39, 0.29) is 18.7 Å². The van der Waals surface area contributed by atoms with E-state index in [9.17, 15) is 9.59 Å². The quantitative estimate of drug-likeness (QED) is 0.530. The number of hydrogen-bond acceptors (Lipinski definition) is 4. The van der Waals surface area contributed by atoms with Crippen LogP contribution in [0, 0.1) is 27.7 Å². The van der Waals surface area contributed by atoms with Gasteiger partial charge in [-0.1, -0.05) is 6.07 Å². The first kappa shape index (κ1) is 19.2. The molecule has 3 aromatic heterocycles. The molecule has 4 rings (SSSR count). The Morgan fingerprint density at radius 3 is 2.41 bits per heavy atom. The minimum absolute atomic E-state index is 0.196. The predicted molar refractivity (Wildman–Crippen MR) is 112 cm³/mol. The Morgan fingerprint density at radius 2 is 1.76 bits per heavy atom. The van der Waals surface area contributed by atoms with Gasteiger partial charge in [0.2, 0.25) is 5.78 Å². The summed E-state index contributed by atoms with van der Waals surface area (Å²) in [5, 5.41) is 0. The second-order valence-electron chi connectivity index (χ2n) is 7.49. The van der Waals surface area contributed by atoms with Crippen LogP contribution in [0.25, 0.3) is 22.6 Å². The molecule has 0 aliphatic rings. The maximum Gasteiger partial charge on any atom is 0.332 e. The molecule has 0 N–H and O–H groups in total. The highest BCUT2D eigenvalue weighted by atomic mass is 16.5. The average molecular weight is 395 g/mol.